The summed E-state index contributed by atoms with van der Waals surface area (Å²) in [6, 6.07) is 24.0. The number of benzene rings is 3. The first-order valence-corrected chi connectivity index (χ1v) is 16.2. The van der Waals surface area contributed by atoms with Gasteiger partial charge in [-0.2, -0.15) is 10.5 Å². The molecule has 0 bridgehead atoms. The molecule has 1 aliphatic rings. The number of nitro benzene ring substituents is 2. The van der Waals surface area contributed by atoms with Gasteiger partial charge >= 0.3 is 12.2 Å². The molecule has 0 fully saturated rings. The zero-order chi connectivity index (χ0) is 38.3. The number of carbonyl (C=O) groups is 2. The van der Waals surface area contributed by atoms with Crippen LogP contribution in [0.15, 0.2) is 77.8 Å². The number of ether oxygens (including phenoxy) is 2. The number of aliphatic imine (C=N–C) groups is 1. The van der Waals surface area contributed by atoms with E-state index in [0.29, 0.717) is 49.6 Å². The van der Waals surface area contributed by atoms with E-state index in [9.17, 15) is 29.8 Å². The predicted octanol–water partition coefficient (Wildman–Crippen LogP) is 5.71. The highest BCUT2D eigenvalue weighted by atomic mass is 16.6. The summed E-state index contributed by atoms with van der Waals surface area (Å²) in [5.74, 6) is 0.424. The van der Waals surface area contributed by atoms with Crippen LogP contribution in [0.25, 0.3) is 0 Å². The highest BCUT2D eigenvalue weighted by molar-refractivity contribution is 5.88. The molecule has 274 valence electrons. The molecule has 3 aromatic carbocycles. The van der Waals surface area contributed by atoms with E-state index in [4.69, 9.17) is 25.7 Å². The van der Waals surface area contributed by atoms with Crippen LogP contribution < -0.4 is 11.1 Å². The normalized spacial score (nSPS) is 11.2. The van der Waals surface area contributed by atoms with E-state index in [1.165, 1.54) is 12.1 Å². The molecule has 0 saturated carbocycles. The molecule has 0 aromatic heterocycles. The minimum Gasteiger partial charge on any atom is -0.449 e. The second-order valence-corrected chi connectivity index (χ2v) is 10.9. The number of para-hydroxylation sites is 3. The van der Waals surface area contributed by atoms with Crippen molar-refractivity contribution in [1.82, 2.24) is 15.1 Å². The molecule has 17 nitrogen and oxygen atoms in total. The minimum atomic E-state index is -0.647. The molecule has 0 spiro atoms. The van der Waals surface area contributed by atoms with Crippen molar-refractivity contribution in [3.8, 4) is 12.1 Å². The Balaban J connectivity index is 0.000000274. The molecule has 17 heteroatoms. The standard InChI is InChI=1S/C13H15N3O4.C13H17N3O2.C9H9N3O2/c1-2-9-20-13(17)15(8-7-14)10-11-5-3-4-6-12(11)16(18)19;1-2-7-18-13(17)16-8-10-5-3-4-6-11(10)15-12(14)9-16;10-5-6-11-7-8-3-1-2-4-9(8)12(13)14/h3-6H,2,8-10H2,1H3;3-6H,2,7-9H2,1H3,(H2,14,15);1-4,11H,6-7H2. The van der Waals surface area contributed by atoms with Gasteiger partial charge in [-0.1, -0.05) is 68.4 Å². The summed E-state index contributed by atoms with van der Waals surface area (Å²) >= 11 is 0. The fourth-order valence-corrected chi connectivity index (χ4v) is 4.48. The van der Waals surface area contributed by atoms with Crippen molar-refractivity contribution in [3.63, 3.8) is 0 Å². The van der Waals surface area contributed by atoms with Crippen molar-refractivity contribution in [2.24, 2.45) is 10.7 Å². The summed E-state index contributed by atoms with van der Waals surface area (Å²) in [5, 5.41) is 41.3. The Morgan fingerprint density at radius 1 is 0.885 bits per heavy atom. The van der Waals surface area contributed by atoms with Crippen LogP contribution >= 0.6 is 0 Å². The Morgan fingerprint density at radius 3 is 2.08 bits per heavy atom. The maximum Gasteiger partial charge on any atom is 0.410 e. The van der Waals surface area contributed by atoms with Gasteiger partial charge in [0.25, 0.3) is 11.4 Å². The fraction of sp³-hybridized carbons (Fsp3) is 0.343. The van der Waals surface area contributed by atoms with Gasteiger partial charge in [0.2, 0.25) is 0 Å². The second-order valence-electron chi connectivity index (χ2n) is 10.9. The average Bonchev–Trinajstić information content (AvgIpc) is 3.31. The highest BCUT2D eigenvalue weighted by Gasteiger charge is 2.22. The van der Waals surface area contributed by atoms with E-state index in [2.05, 4.69) is 10.3 Å². The molecule has 0 saturated heterocycles. The third-order valence-corrected chi connectivity index (χ3v) is 6.86. The number of hydrogen-bond donors (Lipinski definition) is 2. The quantitative estimate of drug-likeness (QED) is 0.0991. The number of nitrogens with two attached hydrogens (primary N) is 1. The topological polar surface area (TPSA) is 243 Å². The average molecular weight is 716 g/mol. The maximum absolute atomic E-state index is 11.9. The second kappa shape index (κ2) is 22.9. The molecular formula is C35H41N9O8. The summed E-state index contributed by atoms with van der Waals surface area (Å²) < 4.78 is 10.1. The monoisotopic (exact) mass is 715 g/mol. The van der Waals surface area contributed by atoms with E-state index >= 15 is 0 Å². The molecule has 2 amide bonds. The summed E-state index contributed by atoms with van der Waals surface area (Å²) in [6.07, 6.45) is 0.482. The molecule has 0 aliphatic carbocycles. The van der Waals surface area contributed by atoms with Crippen LogP contribution in [0.3, 0.4) is 0 Å². The Bertz CT molecular complexity index is 1770. The third-order valence-electron chi connectivity index (χ3n) is 6.86. The summed E-state index contributed by atoms with van der Waals surface area (Å²) in [4.78, 5) is 51.2. The Labute approximate surface area is 301 Å². The van der Waals surface area contributed by atoms with E-state index in [0.717, 1.165) is 22.6 Å². The molecular weight excluding hydrogens is 674 g/mol. The number of fused-ring (bicyclic) bond motifs is 1. The molecule has 3 N–H and O–H groups in total. The van der Waals surface area contributed by atoms with Gasteiger partial charge in [0.05, 0.1) is 67.1 Å². The van der Waals surface area contributed by atoms with Gasteiger partial charge in [-0.15, -0.1) is 0 Å². The van der Waals surface area contributed by atoms with Crippen LogP contribution in [0.4, 0.5) is 26.7 Å². The van der Waals surface area contributed by atoms with Gasteiger partial charge in [-0.25, -0.2) is 14.6 Å². The van der Waals surface area contributed by atoms with Crippen LogP contribution in [-0.2, 0) is 29.1 Å². The smallest absolute Gasteiger partial charge is 0.410 e. The molecule has 3 aromatic rings. The number of carbonyl (C=O) groups excluding carboxylic acids is 2. The summed E-state index contributed by atoms with van der Waals surface area (Å²) in [5.41, 5.74) is 8.55. The minimum absolute atomic E-state index is 0.0345. The first-order chi connectivity index (χ1) is 25.1. The lowest BCUT2D eigenvalue weighted by molar-refractivity contribution is -0.385. The lowest BCUT2D eigenvalue weighted by Crippen LogP contribution is -2.37. The number of nitrogens with zero attached hydrogens (tertiary/aromatic N) is 7. The Morgan fingerprint density at radius 2 is 1.46 bits per heavy atom. The highest BCUT2D eigenvalue weighted by Crippen LogP contribution is 2.23. The Hall–Kier alpha value is -6.59. The van der Waals surface area contributed by atoms with Crippen molar-refractivity contribution in [1.29, 1.82) is 10.5 Å². The number of nitrogens with one attached hydrogen (secondary N) is 1. The van der Waals surface area contributed by atoms with Crippen molar-refractivity contribution >= 4 is 35.1 Å². The van der Waals surface area contributed by atoms with Crippen molar-refractivity contribution in [2.45, 2.75) is 46.3 Å². The number of rotatable bonds is 12. The number of nitriles is 2. The van der Waals surface area contributed by atoms with E-state index in [-0.39, 0.29) is 43.7 Å². The van der Waals surface area contributed by atoms with Crippen LogP contribution in [0.2, 0.25) is 0 Å². The molecule has 1 heterocycles. The number of amides is 2. The molecule has 0 atom stereocenters. The molecule has 1 aliphatic heterocycles. The first kappa shape index (κ1) is 41.6. The third kappa shape index (κ3) is 14.1. The fourth-order valence-electron chi connectivity index (χ4n) is 4.48. The first-order valence-electron chi connectivity index (χ1n) is 16.2. The zero-order valence-electron chi connectivity index (χ0n) is 29.0. The van der Waals surface area contributed by atoms with Gasteiger partial charge in [0, 0.05) is 29.8 Å². The molecule has 0 unspecified atom stereocenters. The van der Waals surface area contributed by atoms with E-state index in [1.54, 1.807) is 41.3 Å². The number of nitro groups is 2. The lowest BCUT2D eigenvalue weighted by Gasteiger charge is -2.20. The summed E-state index contributed by atoms with van der Waals surface area (Å²) in [6.45, 7) is 5.56. The van der Waals surface area contributed by atoms with Crippen LogP contribution in [0, 0.1) is 42.9 Å². The van der Waals surface area contributed by atoms with Crippen molar-refractivity contribution in [3.05, 3.63) is 110 Å². The van der Waals surface area contributed by atoms with Gasteiger partial charge in [-0.05, 0) is 24.5 Å². The number of amidine groups is 1. The SMILES string of the molecule is CCCOC(=O)N(CC#N)Cc1ccccc1[N+](=O)[O-].CCCOC(=O)N1CC(N)=Nc2ccccc2C1.N#CCNCc1ccccc1[N+](=O)[O-]. The van der Waals surface area contributed by atoms with Gasteiger partial charge in [0.1, 0.15) is 12.4 Å². The van der Waals surface area contributed by atoms with Crippen LogP contribution in [-0.4, -0.2) is 70.5 Å². The predicted molar refractivity (Wildman–Crippen MR) is 191 cm³/mol. The number of hydrogen-bond acceptors (Lipinski definition) is 13. The van der Waals surface area contributed by atoms with E-state index < -0.39 is 15.9 Å². The molecule has 52 heavy (non-hydrogen) atoms. The van der Waals surface area contributed by atoms with Crippen LogP contribution in [0.1, 0.15) is 43.4 Å². The van der Waals surface area contributed by atoms with Gasteiger partial charge < -0.3 is 20.5 Å². The Kier molecular flexibility index (Phi) is 18.3. The maximum atomic E-state index is 11.9. The van der Waals surface area contributed by atoms with E-state index in [1.807, 2.05) is 50.3 Å². The van der Waals surface area contributed by atoms with Crippen molar-refractivity contribution < 1.29 is 28.9 Å². The van der Waals surface area contributed by atoms with Gasteiger partial charge in [0.15, 0.2) is 0 Å². The van der Waals surface area contributed by atoms with Gasteiger partial charge in [-0.3, -0.25) is 30.0 Å². The largest absolute Gasteiger partial charge is 0.449 e. The van der Waals surface area contributed by atoms with Crippen molar-refractivity contribution in [2.75, 3.05) is 32.8 Å². The summed E-state index contributed by atoms with van der Waals surface area (Å²) in [7, 11) is 0. The lowest BCUT2D eigenvalue weighted by atomic mass is 10.1. The molecule has 0 radical (unpaired) electrons. The zero-order valence-corrected chi connectivity index (χ0v) is 29.0. The molecule has 4 rings (SSSR count). The van der Waals surface area contributed by atoms with Crippen LogP contribution in [0.5, 0.6) is 0 Å².